The molecule has 24 heteroatoms. The maximum atomic E-state index is 13.3. The van der Waals surface area contributed by atoms with Gasteiger partial charge < -0.3 is 97.0 Å². The molecule has 9 heterocycles. The molecule has 1 amide bonds. The van der Waals surface area contributed by atoms with Crippen LogP contribution in [0.1, 0.15) is 114 Å². The summed E-state index contributed by atoms with van der Waals surface area (Å²) in [6.45, 7) is 8.34. The van der Waals surface area contributed by atoms with Crippen LogP contribution in [0.25, 0.3) is 82.6 Å². The molecule has 8 aliphatic rings. The first-order valence-corrected chi connectivity index (χ1v) is 34.4. The molecule has 1 saturated heterocycles. The molecule has 0 saturated carbocycles. The number of aliphatic hydroxyl groups is 6. The standard InChI is InChI=1S/C31H31NO8.C25H23NO7.C25H18O7/c1-31(2,3)40-30(36)32-8-6-17(7-9-32)26-21-10-19(13-33)20(14-34)11-22(21)27(28-23(26)15-37-29(28)35)18-4-5-24-25(12-18)39-16-38-24;27-10-15-7-17-18(8-16(15)11-28)24(26-3-5-30-6-4-26)19-12-31-25(29)23(19)22(17)14-1-2-20-21(9-14)33-13-32-20;26-9-14-6-16-17(7-15(14)10-27)23(20-2-1-5-29-20)18-11-30-25(28)24(18)22(16)13-3-4-19-21(8-13)32-12-31-19/h4-6,10-12,33-34H,7-9,13-16H2,1-3H3;1-2,7-9,27-28H,3-6,10-13H2;1-8,26-27H,9-12H2. The lowest BCUT2D eigenvalue weighted by Crippen LogP contribution is -2.39. The van der Waals surface area contributed by atoms with Crippen LogP contribution in [0.15, 0.2) is 120 Å². The van der Waals surface area contributed by atoms with Crippen molar-refractivity contribution in [3.63, 3.8) is 0 Å². The van der Waals surface area contributed by atoms with Crippen LogP contribution in [0.5, 0.6) is 34.5 Å². The van der Waals surface area contributed by atoms with E-state index in [9.17, 15) is 49.8 Å². The highest BCUT2D eigenvalue weighted by molar-refractivity contribution is 6.19. The van der Waals surface area contributed by atoms with Gasteiger partial charge in [-0.3, -0.25) is 0 Å². The van der Waals surface area contributed by atoms with Gasteiger partial charge in [-0.25, -0.2) is 19.2 Å². The van der Waals surface area contributed by atoms with Crippen molar-refractivity contribution in [3.05, 3.63) is 188 Å². The Morgan fingerprint density at radius 2 is 0.829 bits per heavy atom. The number of ether oxygens (including phenoxy) is 11. The second-order valence-electron chi connectivity index (χ2n) is 27.1. The van der Waals surface area contributed by atoms with E-state index < -0.39 is 17.5 Å². The largest absolute Gasteiger partial charge is 0.464 e. The van der Waals surface area contributed by atoms with Crippen molar-refractivity contribution in [1.29, 1.82) is 0 Å². The number of aliphatic hydroxyl groups excluding tert-OH is 6. The van der Waals surface area contributed by atoms with Crippen LogP contribution in [-0.2, 0) is 83.1 Å². The van der Waals surface area contributed by atoms with Gasteiger partial charge in [0.05, 0.1) is 81.5 Å². The van der Waals surface area contributed by atoms with E-state index in [1.807, 2.05) is 124 Å². The zero-order chi connectivity index (χ0) is 72.5. The van der Waals surface area contributed by atoms with Crippen molar-refractivity contribution >= 4 is 67.6 Å². The van der Waals surface area contributed by atoms with E-state index in [-0.39, 0.29) is 91.9 Å². The third-order valence-electron chi connectivity index (χ3n) is 20.1. The Bertz CT molecular complexity index is 5280. The molecule has 18 rings (SSSR count). The minimum absolute atomic E-state index is 0.111. The normalized spacial score (nSPS) is 15.8. The molecule has 0 aliphatic carbocycles. The van der Waals surface area contributed by atoms with Crippen molar-refractivity contribution in [2.45, 2.75) is 92.3 Å². The molecule has 538 valence electrons. The lowest BCUT2D eigenvalue weighted by atomic mass is 9.81. The van der Waals surface area contributed by atoms with Crippen molar-refractivity contribution < 1.29 is 106 Å². The molecule has 0 unspecified atom stereocenters. The lowest BCUT2D eigenvalue weighted by Gasteiger charge is -2.32. The van der Waals surface area contributed by atoms with E-state index in [1.165, 1.54) is 0 Å². The van der Waals surface area contributed by atoms with Gasteiger partial charge in [0.15, 0.2) is 34.5 Å². The Kier molecular flexibility index (Phi) is 18.0. The van der Waals surface area contributed by atoms with Crippen LogP contribution < -0.4 is 33.3 Å². The van der Waals surface area contributed by atoms with Gasteiger partial charge in [0.2, 0.25) is 20.4 Å². The number of cyclic esters (lactones) is 3. The van der Waals surface area contributed by atoms with Crippen molar-refractivity contribution in [2.75, 3.05) is 64.7 Å². The highest BCUT2D eigenvalue weighted by Crippen LogP contribution is 2.52. The van der Waals surface area contributed by atoms with Gasteiger partial charge in [0, 0.05) is 70.5 Å². The minimum atomic E-state index is -0.592. The summed E-state index contributed by atoms with van der Waals surface area (Å²) in [5.41, 5.74) is 14.8. The maximum Gasteiger partial charge on any atom is 0.410 e. The number of amides is 1. The van der Waals surface area contributed by atoms with Gasteiger partial charge in [-0.05, 0) is 200 Å². The summed E-state index contributed by atoms with van der Waals surface area (Å²) in [5, 5.41) is 64.9. The average molecular weight is 1430 g/mol. The quantitative estimate of drug-likeness (QED) is 0.0489. The zero-order valence-corrected chi connectivity index (χ0v) is 57.5. The SMILES string of the molecule is CC(C)(C)OC(=O)N1CC=C(c2c3c(c(-c4ccc5c(c4)OCO5)c4cc(CO)c(CO)cc24)C(=O)OC3)CC1.O=C1OCc2c1c(-c1ccc3c(c1)OCO3)c1cc(CO)c(CO)cc1c2-c1ccco1.O=C1OCc2c1c(-c1ccc3c(c1)OCO3)c1cc(CO)c(CO)cc1c2N1CCOCC1. The molecule has 6 N–H and O–H groups in total. The Morgan fingerprint density at radius 3 is 1.24 bits per heavy atom. The van der Waals surface area contributed by atoms with Crippen LogP contribution in [0.2, 0.25) is 0 Å². The van der Waals surface area contributed by atoms with Gasteiger partial charge >= 0.3 is 24.0 Å². The van der Waals surface area contributed by atoms with Crippen molar-refractivity contribution in [3.8, 4) is 79.2 Å². The summed E-state index contributed by atoms with van der Waals surface area (Å²) in [7, 11) is 0. The van der Waals surface area contributed by atoms with E-state index in [0.717, 1.165) is 93.6 Å². The Labute approximate surface area is 600 Å². The third kappa shape index (κ3) is 12.2. The Hall–Kier alpha value is -11.2. The van der Waals surface area contributed by atoms with Crippen LogP contribution in [0.3, 0.4) is 0 Å². The number of morpholine rings is 1. The fraction of sp³-hybridized carbons (Fsp3) is 0.284. The number of anilines is 1. The fourth-order valence-electron chi connectivity index (χ4n) is 15.3. The Balaban J connectivity index is 0.000000122. The van der Waals surface area contributed by atoms with Crippen LogP contribution in [0, 0.1) is 0 Å². The van der Waals surface area contributed by atoms with Gasteiger partial charge in [-0.15, -0.1) is 0 Å². The zero-order valence-electron chi connectivity index (χ0n) is 57.5. The molecule has 105 heavy (non-hydrogen) atoms. The first-order chi connectivity index (χ1) is 51.1. The van der Waals surface area contributed by atoms with Crippen LogP contribution in [-0.4, -0.2) is 125 Å². The summed E-state index contributed by atoms with van der Waals surface area (Å²) in [5.74, 6) is 3.12. The molecule has 0 spiro atoms. The molecule has 0 bridgehead atoms. The van der Waals surface area contributed by atoms with Gasteiger partial charge in [-0.1, -0.05) is 24.3 Å². The summed E-state index contributed by atoms with van der Waals surface area (Å²) in [4.78, 5) is 55.8. The van der Waals surface area contributed by atoms with Crippen molar-refractivity contribution in [1.82, 2.24) is 4.90 Å². The predicted molar refractivity (Wildman–Crippen MR) is 381 cm³/mol. The summed E-state index contributed by atoms with van der Waals surface area (Å²) >= 11 is 0. The molecule has 10 aromatic rings. The highest BCUT2D eigenvalue weighted by Gasteiger charge is 2.39. The highest BCUT2D eigenvalue weighted by atomic mass is 16.7. The second kappa shape index (κ2) is 27.8. The van der Waals surface area contributed by atoms with Crippen molar-refractivity contribution in [2.24, 2.45) is 0 Å². The predicted octanol–water partition coefficient (Wildman–Crippen LogP) is 11.8. The number of hydrogen-bond acceptors (Lipinski definition) is 23. The number of rotatable bonds is 12. The molecule has 8 aliphatic heterocycles. The minimum Gasteiger partial charge on any atom is -0.464 e. The summed E-state index contributed by atoms with van der Waals surface area (Å²) in [6.07, 6.45) is 3.75. The number of carbonyl (C=O) groups excluding carboxylic acids is 4. The monoisotopic (exact) mass is 1420 g/mol. The van der Waals surface area contributed by atoms with E-state index >= 15 is 0 Å². The van der Waals surface area contributed by atoms with E-state index in [1.54, 1.807) is 17.2 Å². The molecule has 0 atom stereocenters. The molecule has 0 radical (unpaired) electrons. The van der Waals surface area contributed by atoms with E-state index in [2.05, 4.69) is 4.90 Å². The number of hydrogen-bond donors (Lipinski definition) is 6. The third-order valence-corrected chi connectivity index (χ3v) is 20.1. The number of fused-ring (bicyclic) bond motifs is 9. The summed E-state index contributed by atoms with van der Waals surface area (Å²) in [6, 6.07) is 31.5. The average Bonchev–Trinajstić information content (AvgIpc) is 1.68. The molecule has 24 nitrogen and oxygen atoms in total. The van der Waals surface area contributed by atoms with Crippen LogP contribution in [0.4, 0.5) is 10.5 Å². The Morgan fingerprint density at radius 1 is 0.438 bits per heavy atom. The van der Waals surface area contributed by atoms with Gasteiger partial charge in [0.25, 0.3) is 0 Å². The number of furan rings is 1. The lowest BCUT2D eigenvalue weighted by molar-refractivity contribution is 0.0269. The maximum absolute atomic E-state index is 13.3. The number of nitrogens with zero attached hydrogens (tertiary/aromatic N) is 2. The molecular formula is C81H72N2O22. The first kappa shape index (κ1) is 68.2. The number of esters is 3. The number of carbonyl (C=O) groups is 4. The molecule has 9 aromatic carbocycles. The molecule has 1 fully saturated rings. The first-order valence-electron chi connectivity index (χ1n) is 34.4. The van der Waals surface area contributed by atoms with Crippen LogP contribution >= 0.6 is 0 Å². The molecule has 1 aromatic heterocycles. The summed E-state index contributed by atoms with van der Waals surface area (Å²) < 4.78 is 66.6. The smallest absolute Gasteiger partial charge is 0.410 e. The second-order valence-corrected chi connectivity index (χ2v) is 27.1. The fourth-order valence-corrected chi connectivity index (χ4v) is 15.3. The molecular weight excluding hydrogens is 1350 g/mol. The van der Waals surface area contributed by atoms with E-state index in [0.29, 0.717) is 147 Å². The van der Waals surface area contributed by atoms with Gasteiger partial charge in [0.1, 0.15) is 31.2 Å². The number of benzene rings is 9. The topological polar surface area (TPSA) is 311 Å². The van der Waals surface area contributed by atoms with E-state index in [4.69, 9.17) is 56.5 Å². The van der Waals surface area contributed by atoms with Gasteiger partial charge in [-0.2, -0.15) is 0 Å².